The fraction of sp³-hybridized carbons (Fsp3) is 0.500. The molecule has 3 nitrogen and oxygen atoms in total. The zero-order chi connectivity index (χ0) is 14.0. The van der Waals surface area contributed by atoms with Gasteiger partial charge < -0.3 is 10.6 Å². The Morgan fingerprint density at radius 3 is 2.95 bits per heavy atom. The number of carbonyl (C=O) groups excluding carboxylic acids is 1. The van der Waals surface area contributed by atoms with E-state index < -0.39 is 0 Å². The lowest BCUT2D eigenvalue weighted by atomic mass is 9.77. The molecule has 0 aromatic heterocycles. The third-order valence-electron chi connectivity index (χ3n) is 3.58. The van der Waals surface area contributed by atoms with E-state index in [1.165, 1.54) is 0 Å². The highest BCUT2D eigenvalue weighted by atomic mass is 79.9. The lowest BCUT2D eigenvalue weighted by Crippen LogP contribution is -2.53. The van der Waals surface area contributed by atoms with E-state index in [1.54, 1.807) is 6.07 Å². The number of benzene rings is 1. The van der Waals surface area contributed by atoms with E-state index in [2.05, 4.69) is 40.4 Å². The normalized spacial score (nSPS) is 22.0. The number of amides is 1. The van der Waals surface area contributed by atoms with Gasteiger partial charge in [-0.3, -0.25) is 4.79 Å². The predicted octanol–water partition coefficient (Wildman–Crippen LogP) is 3.82. The molecule has 0 saturated carbocycles. The quantitative estimate of drug-likeness (QED) is 0.855. The van der Waals surface area contributed by atoms with Gasteiger partial charge in [0.2, 0.25) is 5.91 Å². The average Bonchev–Trinajstić information content (AvgIpc) is 2.33. The minimum absolute atomic E-state index is 0.0234. The summed E-state index contributed by atoms with van der Waals surface area (Å²) in [5.41, 5.74) is 0.602. The van der Waals surface area contributed by atoms with Gasteiger partial charge in [-0.15, -0.1) is 0 Å². The predicted molar refractivity (Wildman–Crippen MR) is 82.6 cm³/mol. The molecule has 104 valence electrons. The SMILES string of the molecule is CC1(C)CCCNC1C(=O)Nc1cc(Br)ccc1Cl. The molecule has 1 aliphatic heterocycles. The van der Waals surface area contributed by atoms with Crippen LogP contribution in [0, 0.1) is 5.41 Å². The molecule has 2 rings (SSSR count). The summed E-state index contributed by atoms with van der Waals surface area (Å²) in [6.45, 7) is 5.12. The number of anilines is 1. The van der Waals surface area contributed by atoms with E-state index in [-0.39, 0.29) is 17.4 Å². The van der Waals surface area contributed by atoms with Crippen LogP contribution in [0.3, 0.4) is 0 Å². The van der Waals surface area contributed by atoms with Crippen LogP contribution < -0.4 is 10.6 Å². The van der Waals surface area contributed by atoms with Crippen molar-refractivity contribution < 1.29 is 4.79 Å². The number of carbonyl (C=O) groups is 1. The summed E-state index contributed by atoms with van der Waals surface area (Å²) < 4.78 is 0.892. The van der Waals surface area contributed by atoms with Crippen LogP contribution in [0.5, 0.6) is 0 Å². The second-order valence-electron chi connectivity index (χ2n) is 5.59. The van der Waals surface area contributed by atoms with Crippen molar-refractivity contribution in [1.82, 2.24) is 5.32 Å². The van der Waals surface area contributed by atoms with Crippen molar-refractivity contribution in [2.24, 2.45) is 5.41 Å². The first-order chi connectivity index (χ1) is 8.90. The van der Waals surface area contributed by atoms with Crippen LogP contribution in [0.2, 0.25) is 5.02 Å². The number of piperidine rings is 1. The first-order valence-corrected chi connectivity index (χ1v) is 7.56. The average molecular weight is 346 g/mol. The van der Waals surface area contributed by atoms with Gasteiger partial charge in [0.05, 0.1) is 16.8 Å². The number of rotatable bonds is 2. The van der Waals surface area contributed by atoms with Crippen molar-refractivity contribution in [2.75, 3.05) is 11.9 Å². The maximum absolute atomic E-state index is 12.4. The van der Waals surface area contributed by atoms with Crippen molar-refractivity contribution in [3.63, 3.8) is 0 Å². The van der Waals surface area contributed by atoms with E-state index in [9.17, 15) is 4.79 Å². The largest absolute Gasteiger partial charge is 0.323 e. The molecule has 0 radical (unpaired) electrons. The molecule has 1 fully saturated rings. The lowest BCUT2D eigenvalue weighted by molar-refractivity contribution is -0.121. The fourth-order valence-electron chi connectivity index (χ4n) is 2.46. The Hall–Kier alpha value is -0.580. The zero-order valence-electron chi connectivity index (χ0n) is 11.1. The van der Waals surface area contributed by atoms with Crippen molar-refractivity contribution in [2.45, 2.75) is 32.7 Å². The highest BCUT2D eigenvalue weighted by Gasteiger charge is 2.37. The van der Waals surface area contributed by atoms with Gasteiger partial charge in [-0.25, -0.2) is 0 Å². The Balaban J connectivity index is 2.14. The second-order valence-corrected chi connectivity index (χ2v) is 6.92. The maximum Gasteiger partial charge on any atom is 0.242 e. The van der Waals surface area contributed by atoms with Gasteiger partial charge in [0, 0.05) is 4.47 Å². The molecule has 1 aromatic carbocycles. The van der Waals surface area contributed by atoms with Crippen LogP contribution in [0.4, 0.5) is 5.69 Å². The van der Waals surface area contributed by atoms with E-state index >= 15 is 0 Å². The Bertz CT molecular complexity index is 490. The molecule has 1 saturated heterocycles. The molecule has 1 aromatic rings. The summed E-state index contributed by atoms with van der Waals surface area (Å²) in [6, 6.07) is 5.24. The van der Waals surface area contributed by atoms with Crippen LogP contribution in [-0.4, -0.2) is 18.5 Å². The molecule has 0 spiro atoms. The monoisotopic (exact) mass is 344 g/mol. The third-order valence-corrected chi connectivity index (χ3v) is 4.40. The van der Waals surface area contributed by atoms with Crippen molar-refractivity contribution in [3.05, 3.63) is 27.7 Å². The van der Waals surface area contributed by atoms with Gasteiger partial charge in [0.1, 0.15) is 0 Å². The number of hydrogen-bond acceptors (Lipinski definition) is 2. The molecule has 0 aliphatic carbocycles. The van der Waals surface area contributed by atoms with Crippen LogP contribution in [0.1, 0.15) is 26.7 Å². The van der Waals surface area contributed by atoms with E-state index in [4.69, 9.17) is 11.6 Å². The molecule has 1 aliphatic rings. The first-order valence-electron chi connectivity index (χ1n) is 6.39. The lowest BCUT2D eigenvalue weighted by Gasteiger charge is -2.38. The van der Waals surface area contributed by atoms with Crippen LogP contribution in [0.25, 0.3) is 0 Å². The molecule has 0 bridgehead atoms. The number of halogens is 2. The van der Waals surface area contributed by atoms with Crippen molar-refractivity contribution in [1.29, 1.82) is 0 Å². The summed E-state index contributed by atoms with van der Waals surface area (Å²) >= 11 is 9.47. The van der Waals surface area contributed by atoms with Crippen LogP contribution >= 0.6 is 27.5 Å². The van der Waals surface area contributed by atoms with Gasteiger partial charge in [-0.05, 0) is 43.0 Å². The molecule has 5 heteroatoms. The van der Waals surface area contributed by atoms with Crippen LogP contribution in [0.15, 0.2) is 22.7 Å². The molecular formula is C14H18BrClN2O. The van der Waals surface area contributed by atoms with Gasteiger partial charge in [-0.2, -0.15) is 0 Å². The van der Waals surface area contributed by atoms with Crippen molar-refractivity contribution in [3.8, 4) is 0 Å². The Morgan fingerprint density at radius 1 is 1.53 bits per heavy atom. The number of hydrogen-bond donors (Lipinski definition) is 2. The topological polar surface area (TPSA) is 41.1 Å². The summed E-state index contributed by atoms with van der Waals surface area (Å²) in [5, 5.41) is 6.76. The third kappa shape index (κ3) is 3.50. The molecule has 19 heavy (non-hydrogen) atoms. The van der Waals surface area contributed by atoms with E-state index in [0.29, 0.717) is 10.7 Å². The first kappa shape index (κ1) is 14.8. The van der Waals surface area contributed by atoms with Gasteiger partial charge in [-0.1, -0.05) is 41.4 Å². The van der Waals surface area contributed by atoms with Gasteiger partial charge in [0.15, 0.2) is 0 Å². The summed E-state index contributed by atoms with van der Waals surface area (Å²) in [4.78, 5) is 12.4. The molecule has 1 heterocycles. The molecule has 1 amide bonds. The minimum Gasteiger partial charge on any atom is -0.323 e. The summed E-state index contributed by atoms with van der Waals surface area (Å²) in [6.07, 6.45) is 2.15. The van der Waals surface area contributed by atoms with E-state index in [0.717, 1.165) is 23.9 Å². The molecular weight excluding hydrogens is 328 g/mol. The Morgan fingerprint density at radius 2 is 2.26 bits per heavy atom. The standard InChI is InChI=1S/C14H18BrClN2O/c1-14(2)6-3-7-17-12(14)13(19)18-11-8-9(15)4-5-10(11)16/h4-5,8,12,17H,3,6-7H2,1-2H3,(H,18,19). The maximum atomic E-state index is 12.4. The summed E-state index contributed by atoms with van der Waals surface area (Å²) in [7, 11) is 0. The Kier molecular flexibility index (Phi) is 4.54. The highest BCUT2D eigenvalue weighted by Crippen LogP contribution is 2.32. The second kappa shape index (κ2) is 5.81. The Labute approximate surface area is 127 Å². The smallest absolute Gasteiger partial charge is 0.242 e. The number of nitrogens with one attached hydrogen (secondary N) is 2. The molecule has 1 unspecified atom stereocenters. The molecule has 1 atom stereocenters. The van der Waals surface area contributed by atoms with Crippen molar-refractivity contribution >= 4 is 39.1 Å². The molecule has 2 N–H and O–H groups in total. The zero-order valence-corrected chi connectivity index (χ0v) is 13.4. The van der Waals surface area contributed by atoms with Crippen LogP contribution in [-0.2, 0) is 4.79 Å². The highest BCUT2D eigenvalue weighted by molar-refractivity contribution is 9.10. The minimum atomic E-state index is -0.184. The van der Waals surface area contributed by atoms with E-state index in [1.807, 2.05) is 12.1 Å². The summed E-state index contributed by atoms with van der Waals surface area (Å²) in [5.74, 6) is -0.0234. The van der Waals surface area contributed by atoms with Gasteiger partial charge in [0.25, 0.3) is 0 Å². The van der Waals surface area contributed by atoms with Gasteiger partial charge >= 0.3 is 0 Å². The fourth-order valence-corrected chi connectivity index (χ4v) is 2.98.